The molecule has 9 heavy (non-hydrogen) atoms. The summed E-state index contributed by atoms with van der Waals surface area (Å²) < 4.78 is 19.0. The van der Waals surface area contributed by atoms with Gasteiger partial charge in [0.15, 0.2) is 0 Å². The number of nitrogens with zero attached hydrogens (tertiary/aromatic N) is 1. The van der Waals surface area contributed by atoms with Gasteiger partial charge < -0.3 is 0 Å². The normalized spacial score (nSPS) is 12.2. The fourth-order valence-electron chi connectivity index (χ4n) is 0.206. The Morgan fingerprint density at radius 1 is 1.89 bits per heavy atom. The van der Waals surface area contributed by atoms with Gasteiger partial charge in [-0.2, -0.15) is 0 Å². The van der Waals surface area contributed by atoms with Gasteiger partial charge in [0.2, 0.25) is 0 Å². The van der Waals surface area contributed by atoms with E-state index in [9.17, 15) is 9.00 Å². The van der Waals surface area contributed by atoms with Crippen molar-refractivity contribution < 1.29 is 13.6 Å². The molecule has 4 nitrogen and oxygen atoms in total. The first kappa shape index (κ1) is 8.32. The van der Waals surface area contributed by atoms with Gasteiger partial charge in [-0.15, -0.1) is 0 Å². The van der Waals surface area contributed by atoms with Gasteiger partial charge in [-0.05, 0) is 6.08 Å². The molecule has 0 bridgehead atoms. The number of rotatable bonds is 2. The minimum Gasteiger partial charge on any atom is -0.289 e. The number of amides is 1. The molecule has 0 radical (unpaired) electrons. The van der Waals surface area contributed by atoms with Crippen LogP contribution in [0.5, 0.6) is 0 Å². The summed E-state index contributed by atoms with van der Waals surface area (Å²) in [6.45, 7) is 3.13. The zero-order chi connectivity index (χ0) is 7.44. The van der Waals surface area contributed by atoms with Crippen LogP contribution >= 0.6 is 0 Å². The lowest BCUT2D eigenvalue weighted by Gasteiger charge is -2.06. The molecule has 0 aromatic heterocycles. The van der Waals surface area contributed by atoms with Crippen molar-refractivity contribution in [2.24, 2.45) is 0 Å². The highest BCUT2D eigenvalue weighted by Crippen LogP contribution is 1.87. The van der Waals surface area contributed by atoms with Crippen LogP contribution in [-0.4, -0.2) is 26.0 Å². The van der Waals surface area contributed by atoms with E-state index in [1.807, 2.05) is 0 Å². The van der Waals surface area contributed by atoms with Gasteiger partial charge >= 0.3 is 0 Å². The fourth-order valence-corrected chi connectivity index (χ4v) is 0.434. The standard InChI is InChI=1S/C4H7NO3S/c1-3-4(6)5(2)9(7)8/h3H,1H2,2H3,(H,7,8). The number of carbonyl (C=O) groups is 1. The number of likely N-dealkylation sites (N-methyl/N-ethyl adjacent to an activating group) is 1. The molecule has 1 unspecified atom stereocenters. The Labute approximate surface area is 55.6 Å². The zero-order valence-electron chi connectivity index (χ0n) is 4.90. The zero-order valence-corrected chi connectivity index (χ0v) is 5.72. The van der Waals surface area contributed by atoms with Gasteiger partial charge in [0.1, 0.15) is 0 Å². The molecule has 0 saturated carbocycles. The quantitative estimate of drug-likeness (QED) is 0.435. The van der Waals surface area contributed by atoms with Gasteiger partial charge in [-0.25, -0.2) is 8.51 Å². The van der Waals surface area contributed by atoms with Crippen LogP contribution in [0.25, 0.3) is 0 Å². The van der Waals surface area contributed by atoms with E-state index in [1.165, 1.54) is 7.05 Å². The third kappa shape index (κ3) is 2.39. The molecule has 0 aliphatic rings. The maximum absolute atomic E-state index is 10.4. The third-order valence-electron chi connectivity index (χ3n) is 0.719. The van der Waals surface area contributed by atoms with Crippen molar-refractivity contribution in [1.29, 1.82) is 0 Å². The van der Waals surface area contributed by atoms with Crippen LogP contribution in [0.3, 0.4) is 0 Å². The van der Waals surface area contributed by atoms with Crippen molar-refractivity contribution in [3.63, 3.8) is 0 Å². The largest absolute Gasteiger partial charge is 0.289 e. The van der Waals surface area contributed by atoms with E-state index in [1.54, 1.807) is 0 Å². The van der Waals surface area contributed by atoms with E-state index >= 15 is 0 Å². The predicted octanol–water partition coefficient (Wildman–Crippen LogP) is -0.232. The smallest absolute Gasteiger partial charge is 0.264 e. The highest BCUT2D eigenvalue weighted by atomic mass is 32.2. The second kappa shape index (κ2) is 3.37. The van der Waals surface area contributed by atoms with Gasteiger partial charge in [0.05, 0.1) is 0 Å². The van der Waals surface area contributed by atoms with Crippen molar-refractivity contribution in [3.05, 3.63) is 12.7 Å². The fraction of sp³-hybridized carbons (Fsp3) is 0.250. The SMILES string of the molecule is C=CC(=O)N(C)S(=O)O. The molecule has 0 rings (SSSR count). The van der Waals surface area contributed by atoms with Crippen molar-refractivity contribution in [1.82, 2.24) is 4.31 Å². The van der Waals surface area contributed by atoms with E-state index < -0.39 is 17.2 Å². The van der Waals surface area contributed by atoms with E-state index in [0.29, 0.717) is 4.31 Å². The number of hydrogen-bond acceptors (Lipinski definition) is 2. The van der Waals surface area contributed by atoms with E-state index in [-0.39, 0.29) is 0 Å². The molecular formula is C4H7NO3S. The van der Waals surface area contributed by atoms with Crippen LogP contribution in [0.4, 0.5) is 0 Å². The molecule has 0 aromatic rings. The molecule has 0 aromatic carbocycles. The van der Waals surface area contributed by atoms with E-state index in [4.69, 9.17) is 4.55 Å². The average Bonchev–Trinajstić information content (AvgIpc) is 1.84. The van der Waals surface area contributed by atoms with Crippen molar-refractivity contribution in [2.45, 2.75) is 0 Å². The molecule has 0 aliphatic heterocycles. The molecule has 1 N–H and O–H groups in total. The summed E-state index contributed by atoms with van der Waals surface area (Å²) in [4.78, 5) is 10.4. The molecule has 52 valence electrons. The Hall–Kier alpha value is -0.680. The molecule has 0 aliphatic carbocycles. The third-order valence-corrected chi connectivity index (χ3v) is 1.37. The van der Waals surface area contributed by atoms with Gasteiger partial charge in [-0.1, -0.05) is 6.58 Å². The second-order valence-corrected chi connectivity index (χ2v) is 2.28. The first-order chi connectivity index (χ1) is 4.09. The summed E-state index contributed by atoms with van der Waals surface area (Å²) in [6.07, 6.45) is 0.966. The van der Waals surface area contributed by atoms with Crippen LogP contribution < -0.4 is 0 Å². The summed E-state index contributed by atoms with van der Waals surface area (Å²) >= 11 is -2.23. The summed E-state index contributed by atoms with van der Waals surface area (Å²) in [5.41, 5.74) is 0. The molecule has 1 amide bonds. The van der Waals surface area contributed by atoms with Gasteiger partial charge in [0.25, 0.3) is 17.2 Å². The maximum atomic E-state index is 10.4. The average molecular weight is 149 g/mol. The summed E-state index contributed by atoms with van der Waals surface area (Å²) in [5, 5.41) is 0. The molecular weight excluding hydrogens is 142 g/mol. The predicted molar refractivity (Wildman–Crippen MR) is 33.7 cm³/mol. The first-order valence-corrected chi connectivity index (χ1v) is 3.17. The highest BCUT2D eigenvalue weighted by Gasteiger charge is 2.07. The Morgan fingerprint density at radius 3 is 2.44 bits per heavy atom. The molecule has 1 atom stereocenters. The van der Waals surface area contributed by atoms with Crippen molar-refractivity contribution in [2.75, 3.05) is 7.05 Å². The lowest BCUT2D eigenvalue weighted by atomic mass is 10.6. The van der Waals surface area contributed by atoms with Crippen LogP contribution in [0.2, 0.25) is 0 Å². The van der Waals surface area contributed by atoms with E-state index in [0.717, 1.165) is 6.08 Å². The molecule has 5 heteroatoms. The molecule has 0 fully saturated rings. The monoisotopic (exact) mass is 149 g/mol. The maximum Gasteiger partial charge on any atom is 0.264 e. The van der Waals surface area contributed by atoms with Crippen LogP contribution in [-0.2, 0) is 16.1 Å². The topological polar surface area (TPSA) is 57.6 Å². The van der Waals surface area contributed by atoms with E-state index in [2.05, 4.69) is 6.58 Å². The lowest BCUT2D eigenvalue weighted by molar-refractivity contribution is -0.120. The molecule has 0 heterocycles. The molecule has 0 spiro atoms. The summed E-state index contributed by atoms with van der Waals surface area (Å²) in [7, 11) is 1.21. The Balaban J connectivity index is 4.03. The first-order valence-electron chi connectivity index (χ1n) is 2.10. The van der Waals surface area contributed by atoms with Crippen LogP contribution in [0.1, 0.15) is 0 Å². The van der Waals surface area contributed by atoms with Crippen LogP contribution in [0, 0.1) is 0 Å². The summed E-state index contributed by atoms with van der Waals surface area (Å²) in [6, 6.07) is 0. The van der Waals surface area contributed by atoms with Gasteiger partial charge in [0, 0.05) is 7.05 Å². The van der Waals surface area contributed by atoms with Crippen molar-refractivity contribution in [3.8, 4) is 0 Å². The lowest BCUT2D eigenvalue weighted by Crippen LogP contribution is -2.26. The molecule has 0 saturated heterocycles. The minimum absolute atomic E-state index is 0.573. The highest BCUT2D eigenvalue weighted by molar-refractivity contribution is 7.77. The number of hydrogen-bond donors (Lipinski definition) is 1. The Kier molecular flexibility index (Phi) is 3.11. The van der Waals surface area contributed by atoms with Crippen molar-refractivity contribution >= 4 is 17.2 Å². The Bertz CT molecular complexity index is 156. The second-order valence-electron chi connectivity index (χ2n) is 1.27. The Morgan fingerprint density at radius 2 is 2.33 bits per heavy atom. The summed E-state index contributed by atoms with van der Waals surface area (Å²) in [5.74, 6) is -0.573. The number of carbonyl (C=O) groups excluding carboxylic acids is 1. The van der Waals surface area contributed by atoms with Gasteiger partial charge in [-0.3, -0.25) is 9.35 Å². The minimum atomic E-state index is -2.23. The van der Waals surface area contributed by atoms with Crippen LogP contribution in [0.15, 0.2) is 12.7 Å².